The zero-order valence-electron chi connectivity index (χ0n) is 9.41. The van der Waals surface area contributed by atoms with E-state index in [1.54, 1.807) is 7.11 Å². The Morgan fingerprint density at radius 2 is 2.06 bits per heavy atom. The van der Waals surface area contributed by atoms with Gasteiger partial charge in [0.15, 0.2) is 0 Å². The van der Waals surface area contributed by atoms with Crippen molar-refractivity contribution in [3.8, 4) is 0 Å². The van der Waals surface area contributed by atoms with E-state index >= 15 is 0 Å². The molecular formula is C12H16F2O2. The molecule has 0 spiro atoms. The van der Waals surface area contributed by atoms with Crippen molar-refractivity contribution in [3.63, 3.8) is 0 Å². The summed E-state index contributed by atoms with van der Waals surface area (Å²) in [7, 11) is 1.55. The molecular weight excluding hydrogens is 214 g/mol. The lowest BCUT2D eigenvalue weighted by atomic mass is 10.0. The van der Waals surface area contributed by atoms with Crippen LogP contribution in [0.4, 0.5) is 8.78 Å². The summed E-state index contributed by atoms with van der Waals surface area (Å²) in [5, 5.41) is 9.66. The quantitative estimate of drug-likeness (QED) is 0.841. The van der Waals surface area contributed by atoms with Crippen LogP contribution in [0.2, 0.25) is 0 Å². The van der Waals surface area contributed by atoms with E-state index in [1.807, 2.05) is 6.92 Å². The van der Waals surface area contributed by atoms with E-state index in [2.05, 4.69) is 0 Å². The van der Waals surface area contributed by atoms with E-state index in [0.717, 1.165) is 6.07 Å². The minimum atomic E-state index is -0.685. The van der Waals surface area contributed by atoms with Crippen LogP contribution in [-0.4, -0.2) is 24.4 Å². The van der Waals surface area contributed by atoms with Gasteiger partial charge in [-0.1, -0.05) is 6.07 Å². The van der Waals surface area contributed by atoms with Crippen molar-refractivity contribution >= 4 is 0 Å². The third-order valence-corrected chi connectivity index (χ3v) is 2.48. The molecule has 0 bridgehead atoms. The fourth-order valence-electron chi connectivity index (χ4n) is 1.50. The van der Waals surface area contributed by atoms with Gasteiger partial charge in [0.05, 0.1) is 12.2 Å². The van der Waals surface area contributed by atoms with Crippen LogP contribution >= 0.6 is 0 Å². The van der Waals surface area contributed by atoms with E-state index in [9.17, 15) is 13.9 Å². The summed E-state index contributed by atoms with van der Waals surface area (Å²) >= 11 is 0. The molecule has 1 N–H and O–H groups in total. The van der Waals surface area contributed by atoms with Crippen LogP contribution in [0.5, 0.6) is 0 Å². The molecule has 1 aromatic carbocycles. The van der Waals surface area contributed by atoms with E-state index in [-0.39, 0.29) is 12.5 Å². The van der Waals surface area contributed by atoms with Gasteiger partial charge in [0, 0.05) is 19.6 Å². The molecule has 0 saturated heterocycles. The number of rotatable bonds is 5. The Hall–Kier alpha value is -1.00. The lowest BCUT2D eigenvalue weighted by Gasteiger charge is -2.15. The van der Waals surface area contributed by atoms with Gasteiger partial charge in [-0.3, -0.25) is 0 Å². The molecule has 1 rings (SSSR count). The minimum absolute atomic E-state index is 0.0847. The molecule has 0 heterocycles. The Balaban J connectivity index is 2.59. The van der Waals surface area contributed by atoms with Gasteiger partial charge in [-0.25, -0.2) is 8.78 Å². The Bertz CT molecular complexity index is 342. The van der Waals surface area contributed by atoms with Crippen LogP contribution in [0.1, 0.15) is 18.9 Å². The number of methoxy groups -OCH3 is 1. The van der Waals surface area contributed by atoms with Crippen molar-refractivity contribution in [2.24, 2.45) is 0 Å². The van der Waals surface area contributed by atoms with Gasteiger partial charge in [0.2, 0.25) is 0 Å². The second-order valence-corrected chi connectivity index (χ2v) is 3.88. The maximum atomic E-state index is 13.2. The first-order chi connectivity index (χ1) is 7.52. The predicted molar refractivity (Wildman–Crippen MR) is 57.2 cm³/mol. The van der Waals surface area contributed by atoms with Gasteiger partial charge in [0.1, 0.15) is 11.6 Å². The number of ether oxygens (including phenoxy) is 1. The Morgan fingerprint density at radius 1 is 1.38 bits per heavy atom. The molecule has 0 aliphatic rings. The van der Waals surface area contributed by atoms with E-state index < -0.39 is 17.7 Å². The number of aliphatic hydroxyl groups excluding tert-OH is 1. The zero-order chi connectivity index (χ0) is 12.1. The van der Waals surface area contributed by atoms with E-state index in [4.69, 9.17) is 4.74 Å². The maximum absolute atomic E-state index is 13.2. The lowest BCUT2D eigenvalue weighted by molar-refractivity contribution is 0.0562. The van der Waals surface area contributed by atoms with Gasteiger partial charge >= 0.3 is 0 Å². The van der Waals surface area contributed by atoms with Crippen molar-refractivity contribution in [1.82, 2.24) is 0 Å². The van der Waals surface area contributed by atoms with Crippen molar-refractivity contribution in [2.45, 2.75) is 32.0 Å². The van der Waals surface area contributed by atoms with Crippen LogP contribution in [0.15, 0.2) is 18.2 Å². The Labute approximate surface area is 93.9 Å². The molecule has 1 aromatic rings. The second-order valence-electron chi connectivity index (χ2n) is 3.88. The first-order valence-corrected chi connectivity index (χ1v) is 5.17. The first kappa shape index (κ1) is 13.1. The van der Waals surface area contributed by atoms with Crippen molar-refractivity contribution in [1.29, 1.82) is 0 Å². The van der Waals surface area contributed by atoms with Gasteiger partial charge in [-0.05, 0) is 25.0 Å². The Morgan fingerprint density at radius 3 is 2.62 bits per heavy atom. The van der Waals surface area contributed by atoms with Gasteiger partial charge in [-0.15, -0.1) is 0 Å². The average Bonchev–Trinajstić information content (AvgIpc) is 2.22. The summed E-state index contributed by atoms with van der Waals surface area (Å²) in [6.45, 7) is 1.82. The highest BCUT2D eigenvalue weighted by Crippen LogP contribution is 2.14. The van der Waals surface area contributed by atoms with Gasteiger partial charge in [-0.2, -0.15) is 0 Å². The number of aliphatic hydroxyl groups is 1. The summed E-state index contributed by atoms with van der Waals surface area (Å²) in [4.78, 5) is 0. The van der Waals surface area contributed by atoms with Crippen LogP contribution in [0.3, 0.4) is 0 Å². The maximum Gasteiger partial charge on any atom is 0.129 e. The highest BCUT2D eigenvalue weighted by Gasteiger charge is 2.13. The molecule has 2 atom stereocenters. The molecule has 0 saturated carbocycles. The molecule has 0 aromatic heterocycles. The molecule has 2 unspecified atom stereocenters. The first-order valence-electron chi connectivity index (χ1n) is 5.17. The molecule has 0 amide bonds. The van der Waals surface area contributed by atoms with Crippen LogP contribution in [-0.2, 0) is 11.2 Å². The molecule has 90 valence electrons. The van der Waals surface area contributed by atoms with Gasteiger partial charge in [0.25, 0.3) is 0 Å². The standard InChI is InChI=1S/C12H16F2O2/c1-8(16-2)5-11(15)6-9-3-4-10(13)7-12(9)14/h3-4,7-8,11,15H,5-6H2,1-2H3. The molecule has 2 nitrogen and oxygen atoms in total. The molecule has 4 heteroatoms. The predicted octanol–water partition coefficient (Wildman–Crippen LogP) is 2.29. The number of benzene rings is 1. The fourth-order valence-corrected chi connectivity index (χ4v) is 1.50. The summed E-state index contributed by atoms with van der Waals surface area (Å²) in [6, 6.07) is 3.36. The third kappa shape index (κ3) is 3.87. The highest BCUT2D eigenvalue weighted by atomic mass is 19.1. The lowest BCUT2D eigenvalue weighted by Crippen LogP contribution is -2.19. The largest absolute Gasteiger partial charge is 0.393 e. The zero-order valence-corrected chi connectivity index (χ0v) is 9.41. The van der Waals surface area contributed by atoms with Crippen molar-refractivity contribution in [2.75, 3.05) is 7.11 Å². The number of hydrogen-bond donors (Lipinski definition) is 1. The highest BCUT2D eigenvalue weighted by molar-refractivity contribution is 5.19. The number of halogens is 2. The van der Waals surface area contributed by atoms with E-state index in [1.165, 1.54) is 12.1 Å². The summed E-state index contributed by atoms with van der Waals surface area (Å²) in [6.07, 6.45) is -0.180. The number of hydrogen-bond acceptors (Lipinski definition) is 2. The minimum Gasteiger partial charge on any atom is -0.393 e. The van der Waals surface area contributed by atoms with Crippen LogP contribution in [0, 0.1) is 11.6 Å². The normalized spacial score (nSPS) is 14.8. The molecule has 0 fully saturated rings. The molecule has 0 radical (unpaired) electrons. The smallest absolute Gasteiger partial charge is 0.129 e. The molecule has 0 aliphatic carbocycles. The second kappa shape index (κ2) is 5.92. The molecule has 0 aliphatic heterocycles. The van der Waals surface area contributed by atoms with Crippen molar-refractivity contribution < 1.29 is 18.6 Å². The Kier molecular flexibility index (Phi) is 4.83. The monoisotopic (exact) mass is 230 g/mol. The summed E-state index contributed by atoms with van der Waals surface area (Å²) in [5.74, 6) is -1.23. The summed E-state index contributed by atoms with van der Waals surface area (Å²) < 4.78 is 30.9. The summed E-state index contributed by atoms with van der Waals surface area (Å²) in [5.41, 5.74) is 0.317. The third-order valence-electron chi connectivity index (χ3n) is 2.48. The van der Waals surface area contributed by atoms with E-state index in [0.29, 0.717) is 12.0 Å². The topological polar surface area (TPSA) is 29.5 Å². The SMILES string of the molecule is COC(C)CC(O)Cc1ccc(F)cc1F. The molecule has 16 heavy (non-hydrogen) atoms. The van der Waals surface area contributed by atoms with Crippen LogP contribution < -0.4 is 0 Å². The van der Waals surface area contributed by atoms with Crippen molar-refractivity contribution in [3.05, 3.63) is 35.4 Å². The fraction of sp³-hybridized carbons (Fsp3) is 0.500. The average molecular weight is 230 g/mol. The van der Waals surface area contributed by atoms with Crippen LogP contribution in [0.25, 0.3) is 0 Å². The van der Waals surface area contributed by atoms with Gasteiger partial charge < -0.3 is 9.84 Å².